The molecule has 1 aromatic heterocycles. The van der Waals surface area contributed by atoms with Crippen molar-refractivity contribution in [2.45, 2.75) is 44.2 Å². The molecule has 0 N–H and O–H groups in total. The van der Waals surface area contributed by atoms with Crippen LogP contribution in [0.15, 0.2) is 146 Å². The Morgan fingerprint density at radius 2 is 1.22 bits per heavy atom. The van der Waals surface area contributed by atoms with Crippen LogP contribution >= 0.6 is 15.2 Å². The van der Waals surface area contributed by atoms with Crippen LogP contribution in [-0.4, -0.2) is 10.2 Å². The van der Waals surface area contributed by atoms with E-state index >= 15 is 0 Å². The van der Waals surface area contributed by atoms with E-state index in [-0.39, 0.29) is 19.5 Å². The van der Waals surface area contributed by atoms with Gasteiger partial charge >= 0.3 is 19.5 Å². The van der Waals surface area contributed by atoms with Gasteiger partial charge in [-0.3, -0.25) is 16.7 Å². The Balaban J connectivity index is 0.000000407. The SMILES string of the molecule is [C-]1=CC2C=[C-]C1C2.[CH2-][P+](c1ccccc1)(c1ccccc1)c1ccccc1-n1cccc1[PH+](c1ccccc1)C1CCCCC1.[Rh+3]. The summed E-state index contributed by atoms with van der Waals surface area (Å²) in [5, 5.41) is 5.50. The molecule has 3 aliphatic carbocycles. The van der Waals surface area contributed by atoms with Crippen molar-refractivity contribution < 1.29 is 19.5 Å². The first-order valence-electron chi connectivity index (χ1n) is 16.5. The number of hydrogen-bond acceptors (Lipinski definition) is 0. The topological polar surface area (TPSA) is 4.93 Å². The van der Waals surface area contributed by atoms with E-state index in [0.717, 1.165) is 5.66 Å². The maximum atomic E-state index is 5.08. The molecule has 2 bridgehead atoms. The van der Waals surface area contributed by atoms with Gasteiger partial charge in [0.2, 0.25) is 0 Å². The Kier molecular flexibility index (Phi) is 11.0. The van der Waals surface area contributed by atoms with Gasteiger partial charge in [-0.15, -0.1) is 0 Å². The first-order valence-corrected chi connectivity index (χ1v) is 20.0. The molecule has 0 aliphatic heterocycles. The summed E-state index contributed by atoms with van der Waals surface area (Å²) in [5.74, 6) is 1.26. The van der Waals surface area contributed by atoms with Crippen LogP contribution in [0.4, 0.5) is 0 Å². The maximum Gasteiger partial charge on any atom is 3.00 e. The van der Waals surface area contributed by atoms with Gasteiger partial charge in [-0.25, -0.2) is 0 Å². The first kappa shape index (κ1) is 33.0. The summed E-state index contributed by atoms with van der Waals surface area (Å²) in [6.07, 6.45) is 21.0. The van der Waals surface area contributed by atoms with Crippen molar-refractivity contribution in [1.29, 1.82) is 0 Å². The standard InChI is InChI=1S/C35H35NP2.C7H6.Rh/c1-38(31-21-10-4-11-22-31,32-23-12-5-13-24-32)34-26-15-14-25-33(34)36-28-16-27-35(36)37(29-17-6-2-7-18-29)30-19-8-3-9-20-30;1-2-7-4-3-6(1)5-7;/h2,4-7,10-18,21-28,30H,1,3,8-9,19-20H2;1,3,6-7H,5H2;/q;-2;+3/p+1. The summed E-state index contributed by atoms with van der Waals surface area (Å²) < 4.78 is 2.52. The van der Waals surface area contributed by atoms with Gasteiger partial charge < -0.3 is 18.1 Å². The third-order valence-corrected chi connectivity index (χ3v) is 16.5. The molecule has 4 heteroatoms. The van der Waals surface area contributed by atoms with Crippen molar-refractivity contribution in [3.63, 3.8) is 0 Å². The minimum Gasteiger partial charge on any atom is -0.527 e. The predicted octanol–water partition coefficient (Wildman–Crippen LogP) is 8.41. The quantitative estimate of drug-likeness (QED) is 0.0903. The minimum atomic E-state index is -2.12. The van der Waals surface area contributed by atoms with Gasteiger partial charge in [0.1, 0.15) is 0 Å². The molecule has 1 atom stereocenters. The van der Waals surface area contributed by atoms with Crippen LogP contribution < -0.4 is 26.7 Å². The van der Waals surface area contributed by atoms with Gasteiger partial charge in [-0.2, -0.15) is 6.66 Å². The molecule has 1 heterocycles. The molecule has 1 fully saturated rings. The average molecular weight is 726 g/mol. The summed E-state index contributed by atoms with van der Waals surface area (Å²) in [5.41, 5.74) is 3.53. The van der Waals surface area contributed by atoms with E-state index < -0.39 is 15.2 Å². The largest absolute Gasteiger partial charge is 3.00 e. The van der Waals surface area contributed by atoms with Crippen LogP contribution in [0.3, 0.4) is 0 Å². The number of para-hydroxylation sites is 1. The van der Waals surface area contributed by atoms with Gasteiger partial charge in [0, 0.05) is 12.3 Å². The fraction of sp³-hybridized carbons (Fsp3) is 0.214. The molecular formula is C42H42NP2Rh+2. The van der Waals surface area contributed by atoms with Gasteiger partial charge in [-0.05, 0) is 87.5 Å². The molecule has 0 spiro atoms. The zero-order valence-corrected chi connectivity index (χ0v) is 29.8. The van der Waals surface area contributed by atoms with Crippen LogP contribution in [0, 0.1) is 30.7 Å². The smallest absolute Gasteiger partial charge is 0.527 e. The van der Waals surface area contributed by atoms with Crippen LogP contribution in [-0.2, 0) is 19.5 Å². The summed E-state index contributed by atoms with van der Waals surface area (Å²) in [6, 6.07) is 46.9. The van der Waals surface area contributed by atoms with Gasteiger partial charge in [0.05, 0.1) is 40.5 Å². The Labute approximate surface area is 290 Å². The molecule has 8 rings (SSSR count). The number of hydrogen-bond donors (Lipinski definition) is 0. The summed E-state index contributed by atoms with van der Waals surface area (Å²) in [7, 11) is -3.09. The van der Waals surface area contributed by atoms with Crippen molar-refractivity contribution in [3.8, 4) is 5.69 Å². The van der Waals surface area contributed by atoms with Crippen LogP contribution in [0.1, 0.15) is 38.5 Å². The molecule has 0 radical (unpaired) electrons. The van der Waals surface area contributed by atoms with E-state index in [9.17, 15) is 0 Å². The molecular weight excluding hydrogens is 683 g/mol. The molecule has 0 amide bonds. The van der Waals surface area contributed by atoms with E-state index in [2.05, 4.69) is 162 Å². The maximum absolute atomic E-state index is 5.08. The molecule has 46 heavy (non-hydrogen) atoms. The second-order valence-corrected chi connectivity index (χ2v) is 18.3. The van der Waals surface area contributed by atoms with Crippen molar-refractivity contribution in [1.82, 2.24) is 4.57 Å². The fourth-order valence-corrected chi connectivity index (χ4v) is 13.9. The second-order valence-electron chi connectivity index (χ2n) is 12.5. The zero-order chi connectivity index (χ0) is 30.5. The number of allylic oxidation sites excluding steroid dienone is 4. The molecule has 1 saturated carbocycles. The normalized spacial score (nSPS) is 19.2. The van der Waals surface area contributed by atoms with Crippen molar-refractivity contribution in [2.24, 2.45) is 11.8 Å². The van der Waals surface area contributed by atoms with E-state index in [1.165, 1.54) is 70.9 Å². The second kappa shape index (κ2) is 15.3. The third kappa shape index (κ3) is 6.88. The Bertz CT molecular complexity index is 1670. The van der Waals surface area contributed by atoms with E-state index in [1.54, 1.807) is 0 Å². The van der Waals surface area contributed by atoms with Gasteiger partial charge in [0.25, 0.3) is 0 Å². The molecule has 1 nitrogen and oxygen atoms in total. The Morgan fingerprint density at radius 3 is 1.76 bits per heavy atom. The van der Waals surface area contributed by atoms with Crippen molar-refractivity contribution in [2.75, 3.05) is 0 Å². The predicted molar refractivity (Wildman–Crippen MR) is 198 cm³/mol. The van der Waals surface area contributed by atoms with Gasteiger partial charge in [-0.1, -0.05) is 85.5 Å². The van der Waals surface area contributed by atoms with E-state index in [4.69, 9.17) is 6.66 Å². The molecule has 0 saturated heterocycles. The average Bonchev–Trinajstić information content (AvgIpc) is 3.90. The van der Waals surface area contributed by atoms with Crippen LogP contribution in [0.5, 0.6) is 0 Å². The Hall–Kier alpha value is -2.88. The van der Waals surface area contributed by atoms with E-state index in [1.807, 2.05) is 0 Å². The van der Waals surface area contributed by atoms with Crippen LogP contribution in [0.25, 0.3) is 5.69 Å². The number of fused-ring (bicyclic) bond motifs is 2. The van der Waals surface area contributed by atoms with Gasteiger partial charge in [0.15, 0.2) is 5.44 Å². The summed E-state index contributed by atoms with van der Waals surface area (Å²) in [4.78, 5) is 0. The molecule has 5 aromatic rings. The number of aromatic nitrogens is 1. The number of nitrogens with zero attached hydrogens (tertiary/aromatic N) is 1. The number of rotatable bonds is 7. The molecule has 1 unspecified atom stereocenters. The first-order chi connectivity index (χ1) is 22.2. The van der Waals surface area contributed by atoms with E-state index in [0.29, 0.717) is 11.8 Å². The Morgan fingerprint density at radius 1 is 0.652 bits per heavy atom. The molecule has 4 aromatic carbocycles. The zero-order valence-electron chi connectivity index (χ0n) is 26.3. The number of benzene rings is 4. The third-order valence-electron chi connectivity index (χ3n) is 9.60. The molecule has 3 aliphatic rings. The fourth-order valence-electron chi connectivity index (χ4n) is 7.32. The van der Waals surface area contributed by atoms with Crippen LogP contribution in [0.2, 0.25) is 0 Å². The summed E-state index contributed by atoms with van der Waals surface area (Å²) in [6.45, 7) is 5.08. The summed E-state index contributed by atoms with van der Waals surface area (Å²) >= 11 is 0. The monoisotopic (exact) mass is 725 g/mol. The minimum absolute atomic E-state index is 0. The van der Waals surface area contributed by atoms with Crippen molar-refractivity contribution >= 4 is 41.8 Å². The molecule has 232 valence electrons. The van der Waals surface area contributed by atoms with Crippen molar-refractivity contribution in [3.05, 3.63) is 165 Å².